The molecule has 2 nitrogen and oxygen atoms in total. The van der Waals surface area contributed by atoms with Gasteiger partial charge in [-0.3, -0.25) is 4.90 Å². The molecule has 1 aromatic carbocycles. The SMILES string of the molecule is CC1CN(Cc2ccc(Br)cc2)C(C2CC2)CN1. The van der Waals surface area contributed by atoms with Gasteiger partial charge < -0.3 is 5.32 Å². The molecule has 1 aromatic rings. The van der Waals surface area contributed by atoms with Gasteiger partial charge in [0.2, 0.25) is 0 Å². The molecular weight excluding hydrogens is 288 g/mol. The number of benzene rings is 1. The average Bonchev–Trinajstić information content (AvgIpc) is 3.17. The molecule has 1 saturated carbocycles. The molecule has 2 aliphatic rings. The minimum Gasteiger partial charge on any atom is -0.311 e. The first-order valence-electron chi connectivity index (χ1n) is 6.94. The van der Waals surface area contributed by atoms with Gasteiger partial charge in [-0.05, 0) is 43.4 Å². The Bertz CT molecular complexity index is 399. The molecule has 1 heterocycles. The summed E-state index contributed by atoms with van der Waals surface area (Å²) >= 11 is 3.50. The summed E-state index contributed by atoms with van der Waals surface area (Å²) in [6, 6.07) is 10.1. The third-order valence-corrected chi connectivity index (χ3v) is 4.65. The average molecular weight is 309 g/mol. The first-order valence-corrected chi connectivity index (χ1v) is 7.73. The Morgan fingerprint density at radius 2 is 2.00 bits per heavy atom. The lowest BCUT2D eigenvalue weighted by molar-refractivity contribution is 0.112. The van der Waals surface area contributed by atoms with Gasteiger partial charge in [-0.25, -0.2) is 0 Å². The summed E-state index contributed by atoms with van der Waals surface area (Å²) in [7, 11) is 0. The summed E-state index contributed by atoms with van der Waals surface area (Å²) in [5.74, 6) is 0.945. The van der Waals surface area contributed by atoms with Gasteiger partial charge in [-0.2, -0.15) is 0 Å². The normalized spacial score (nSPS) is 29.4. The predicted molar refractivity (Wildman–Crippen MR) is 78.5 cm³/mol. The van der Waals surface area contributed by atoms with Crippen LogP contribution in [0.25, 0.3) is 0 Å². The van der Waals surface area contributed by atoms with Crippen molar-refractivity contribution in [1.82, 2.24) is 10.2 Å². The van der Waals surface area contributed by atoms with E-state index in [9.17, 15) is 0 Å². The Kier molecular flexibility index (Phi) is 3.73. The highest BCUT2D eigenvalue weighted by atomic mass is 79.9. The van der Waals surface area contributed by atoms with Crippen LogP contribution < -0.4 is 5.32 Å². The molecule has 1 aliphatic heterocycles. The molecule has 3 heteroatoms. The second-order valence-electron chi connectivity index (χ2n) is 5.77. The summed E-state index contributed by atoms with van der Waals surface area (Å²) in [4.78, 5) is 2.68. The van der Waals surface area contributed by atoms with Gasteiger partial charge in [0.15, 0.2) is 0 Å². The lowest BCUT2D eigenvalue weighted by atomic mass is 10.0. The van der Waals surface area contributed by atoms with Gasteiger partial charge in [-0.15, -0.1) is 0 Å². The van der Waals surface area contributed by atoms with Gasteiger partial charge in [0.25, 0.3) is 0 Å². The number of rotatable bonds is 3. The maximum atomic E-state index is 3.63. The number of halogens is 1. The zero-order chi connectivity index (χ0) is 12.5. The van der Waals surface area contributed by atoms with Crippen molar-refractivity contribution in [3.8, 4) is 0 Å². The number of hydrogen-bond acceptors (Lipinski definition) is 2. The second-order valence-corrected chi connectivity index (χ2v) is 6.69. The Balaban J connectivity index is 1.69. The minimum absolute atomic E-state index is 0.621. The van der Waals surface area contributed by atoms with Crippen LogP contribution in [0.2, 0.25) is 0 Å². The first-order chi connectivity index (χ1) is 8.72. The number of hydrogen-bond donors (Lipinski definition) is 1. The maximum Gasteiger partial charge on any atom is 0.0253 e. The highest BCUT2D eigenvalue weighted by Gasteiger charge is 2.37. The fourth-order valence-electron chi connectivity index (χ4n) is 2.95. The van der Waals surface area contributed by atoms with Gasteiger partial charge in [0, 0.05) is 36.2 Å². The molecule has 0 radical (unpaired) electrons. The number of piperazine rings is 1. The van der Waals surface area contributed by atoms with Crippen LogP contribution in [0.1, 0.15) is 25.3 Å². The zero-order valence-corrected chi connectivity index (χ0v) is 12.5. The molecule has 2 fully saturated rings. The van der Waals surface area contributed by atoms with Crippen LogP contribution in [0.15, 0.2) is 28.7 Å². The summed E-state index contributed by atoms with van der Waals surface area (Å²) in [5.41, 5.74) is 1.43. The largest absolute Gasteiger partial charge is 0.311 e. The van der Waals surface area contributed by atoms with Crippen LogP contribution in [-0.4, -0.2) is 30.1 Å². The van der Waals surface area contributed by atoms with Crippen molar-refractivity contribution < 1.29 is 0 Å². The van der Waals surface area contributed by atoms with Gasteiger partial charge in [0.1, 0.15) is 0 Å². The Hall–Kier alpha value is -0.380. The van der Waals surface area contributed by atoms with Crippen LogP contribution in [0.5, 0.6) is 0 Å². The van der Waals surface area contributed by atoms with E-state index in [0.29, 0.717) is 6.04 Å². The molecule has 2 atom stereocenters. The van der Waals surface area contributed by atoms with E-state index in [0.717, 1.165) is 18.5 Å². The molecule has 3 rings (SSSR count). The van der Waals surface area contributed by atoms with Crippen LogP contribution in [0.4, 0.5) is 0 Å². The van der Waals surface area contributed by atoms with Gasteiger partial charge in [-0.1, -0.05) is 28.1 Å². The van der Waals surface area contributed by atoms with Crippen molar-refractivity contribution in [3.63, 3.8) is 0 Å². The monoisotopic (exact) mass is 308 g/mol. The molecule has 0 spiro atoms. The van der Waals surface area contributed by atoms with Crippen LogP contribution in [0, 0.1) is 5.92 Å². The van der Waals surface area contributed by atoms with Crippen molar-refractivity contribution in [1.29, 1.82) is 0 Å². The third kappa shape index (κ3) is 2.95. The summed E-state index contributed by atoms with van der Waals surface area (Å²) in [6.45, 7) is 5.73. The molecule has 18 heavy (non-hydrogen) atoms. The van der Waals surface area contributed by atoms with Gasteiger partial charge >= 0.3 is 0 Å². The lowest BCUT2D eigenvalue weighted by Gasteiger charge is -2.39. The van der Waals surface area contributed by atoms with E-state index in [2.05, 4.69) is 57.3 Å². The van der Waals surface area contributed by atoms with Crippen molar-refractivity contribution in [2.24, 2.45) is 5.92 Å². The fourth-order valence-corrected chi connectivity index (χ4v) is 3.22. The lowest BCUT2D eigenvalue weighted by Crippen LogP contribution is -2.55. The zero-order valence-electron chi connectivity index (χ0n) is 10.9. The van der Waals surface area contributed by atoms with Crippen molar-refractivity contribution in [3.05, 3.63) is 34.3 Å². The Labute approximate surface area is 118 Å². The molecule has 1 saturated heterocycles. The van der Waals surface area contributed by atoms with Crippen molar-refractivity contribution in [2.45, 2.75) is 38.4 Å². The smallest absolute Gasteiger partial charge is 0.0253 e. The third-order valence-electron chi connectivity index (χ3n) is 4.12. The van der Waals surface area contributed by atoms with E-state index in [-0.39, 0.29) is 0 Å². The number of nitrogens with one attached hydrogen (secondary N) is 1. The number of nitrogens with zero attached hydrogens (tertiary/aromatic N) is 1. The molecule has 1 N–H and O–H groups in total. The fraction of sp³-hybridized carbons (Fsp3) is 0.600. The molecule has 0 bridgehead atoms. The van der Waals surface area contributed by atoms with E-state index in [1.165, 1.54) is 36.0 Å². The van der Waals surface area contributed by atoms with Crippen molar-refractivity contribution in [2.75, 3.05) is 13.1 Å². The minimum atomic E-state index is 0.621. The van der Waals surface area contributed by atoms with E-state index in [4.69, 9.17) is 0 Å². The summed E-state index contributed by atoms with van der Waals surface area (Å²) < 4.78 is 1.17. The molecule has 0 aromatic heterocycles. The summed E-state index contributed by atoms with van der Waals surface area (Å²) in [6.07, 6.45) is 2.86. The molecular formula is C15H21BrN2. The van der Waals surface area contributed by atoms with Crippen LogP contribution in [-0.2, 0) is 6.54 Å². The first kappa shape index (κ1) is 12.6. The second kappa shape index (κ2) is 5.32. The Morgan fingerprint density at radius 1 is 1.28 bits per heavy atom. The Morgan fingerprint density at radius 3 is 2.67 bits per heavy atom. The topological polar surface area (TPSA) is 15.3 Å². The van der Waals surface area contributed by atoms with E-state index in [1.54, 1.807) is 0 Å². The summed E-state index contributed by atoms with van der Waals surface area (Å²) in [5, 5.41) is 3.63. The highest BCUT2D eigenvalue weighted by Crippen LogP contribution is 2.36. The maximum absolute atomic E-state index is 3.63. The van der Waals surface area contributed by atoms with Crippen LogP contribution in [0.3, 0.4) is 0 Å². The highest BCUT2D eigenvalue weighted by molar-refractivity contribution is 9.10. The molecule has 1 aliphatic carbocycles. The van der Waals surface area contributed by atoms with E-state index < -0.39 is 0 Å². The van der Waals surface area contributed by atoms with Crippen molar-refractivity contribution >= 4 is 15.9 Å². The van der Waals surface area contributed by atoms with Gasteiger partial charge in [0.05, 0.1) is 0 Å². The quantitative estimate of drug-likeness (QED) is 0.923. The standard InChI is InChI=1S/C15H21BrN2/c1-11-9-18(15(8-17-11)13-4-5-13)10-12-2-6-14(16)7-3-12/h2-3,6-7,11,13,15,17H,4-5,8-10H2,1H3. The van der Waals surface area contributed by atoms with E-state index in [1.807, 2.05) is 0 Å². The molecule has 2 unspecified atom stereocenters. The molecule has 98 valence electrons. The molecule has 0 amide bonds. The van der Waals surface area contributed by atoms with Crippen LogP contribution >= 0.6 is 15.9 Å². The van der Waals surface area contributed by atoms with E-state index >= 15 is 0 Å². The predicted octanol–water partition coefficient (Wildman–Crippen LogP) is 3.02.